The fourth-order valence-electron chi connectivity index (χ4n) is 0.549. The Balaban J connectivity index is 4.04. The summed E-state index contributed by atoms with van der Waals surface area (Å²) in [5.74, 6) is 0.568. The summed E-state index contributed by atoms with van der Waals surface area (Å²) in [4.78, 5) is 3.70. The van der Waals surface area contributed by atoms with Crippen molar-refractivity contribution in [1.82, 2.24) is 0 Å². The van der Waals surface area contributed by atoms with Gasteiger partial charge in [0.05, 0.1) is 6.10 Å². The van der Waals surface area contributed by atoms with E-state index in [1.807, 2.05) is 32.9 Å². The molecule has 0 saturated carbocycles. The lowest BCUT2D eigenvalue weighted by molar-refractivity contribution is 0.146. The lowest BCUT2D eigenvalue weighted by Gasteiger charge is -2.07. The van der Waals surface area contributed by atoms with E-state index >= 15 is 0 Å². The minimum atomic E-state index is 0.150. The van der Waals surface area contributed by atoms with Crippen molar-refractivity contribution in [3.63, 3.8) is 0 Å². The zero-order valence-corrected chi connectivity index (χ0v) is 7.37. The van der Waals surface area contributed by atoms with Gasteiger partial charge in [-0.3, -0.25) is 0 Å². The molecule has 0 saturated heterocycles. The summed E-state index contributed by atoms with van der Waals surface area (Å²) in [6.45, 7) is 9.23. The van der Waals surface area contributed by atoms with Gasteiger partial charge in [-0.05, 0) is 33.6 Å². The first-order valence-electron chi connectivity index (χ1n) is 3.67. The molecular formula is C9H15NO. The van der Waals surface area contributed by atoms with Crippen molar-refractivity contribution in [3.05, 3.63) is 24.1 Å². The van der Waals surface area contributed by atoms with Gasteiger partial charge in [0.25, 0.3) is 0 Å². The van der Waals surface area contributed by atoms with Crippen molar-refractivity contribution < 1.29 is 4.74 Å². The molecule has 0 aliphatic heterocycles. The summed E-state index contributed by atoms with van der Waals surface area (Å²) < 4.78 is 5.28. The Labute approximate surface area is 68.3 Å². The van der Waals surface area contributed by atoms with Crippen LogP contribution in [0.15, 0.2) is 29.1 Å². The minimum absolute atomic E-state index is 0.150. The van der Waals surface area contributed by atoms with E-state index in [0.717, 1.165) is 0 Å². The number of hydrogen-bond donors (Lipinski definition) is 0. The van der Waals surface area contributed by atoms with Crippen molar-refractivity contribution in [2.45, 2.75) is 26.9 Å². The van der Waals surface area contributed by atoms with Gasteiger partial charge < -0.3 is 4.74 Å². The van der Waals surface area contributed by atoms with Crippen molar-refractivity contribution in [2.75, 3.05) is 0 Å². The van der Waals surface area contributed by atoms with Gasteiger partial charge in [0, 0.05) is 0 Å². The van der Waals surface area contributed by atoms with E-state index in [9.17, 15) is 0 Å². The number of aliphatic imine (C=N–C) groups is 1. The average molecular weight is 153 g/mol. The molecule has 0 fully saturated rings. The van der Waals surface area contributed by atoms with Crippen molar-refractivity contribution in [2.24, 2.45) is 4.99 Å². The smallest absolute Gasteiger partial charge is 0.212 e. The molecule has 0 amide bonds. The molecule has 11 heavy (non-hydrogen) atoms. The monoisotopic (exact) mass is 153 g/mol. The van der Waals surface area contributed by atoms with Crippen LogP contribution in [0.1, 0.15) is 20.8 Å². The van der Waals surface area contributed by atoms with Gasteiger partial charge in [-0.2, -0.15) is 0 Å². The Kier molecular flexibility index (Phi) is 5.17. The third-order valence-corrected chi connectivity index (χ3v) is 0.944. The molecule has 0 bridgehead atoms. The van der Waals surface area contributed by atoms with Crippen molar-refractivity contribution in [3.8, 4) is 0 Å². The predicted molar refractivity (Wildman–Crippen MR) is 48.7 cm³/mol. The van der Waals surface area contributed by atoms with Crippen LogP contribution in [-0.2, 0) is 4.74 Å². The van der Waals surface area contributed by atoms with Crippen LogP contribution in [0.3, 0.4) is 0 Å². The van der Waals surface area contributed by atoms with Gasteiger partial charge in [-0.15, -0.1) is 0 Å². The van der Waals surface area contributed by atoms with E-state index in [-0.39, 0.29) is 6.10 Å². The van der Waals surface area contributed by atoms with E-state index in [4.69, 9.17) is 4.74 Å². The lowest BCUT2D eigenvalue weighted by Crippen LogP contribution is -2.00. The molecule has 0 aromatic carbocycles. The van der Waals surface area contributed by atoms with Crippen molar-refractivity contribution >= 4 is 6.72 Å². The van der Waals surface area contributed by atoms with E-state index in [0.29, 0.717) is 5.88 Å². The standard InChI is InChI=1S/C9H15NO/c1-5-6-7-9(10-4)11-8(2)3/h5-8H,4H2,1-3H3/b6-5-,9-7+. The maximum atomic E-state index is 5.28. The van der Waals surface area contributed by atoms with Crippen LogP contribution in [0.2, 0.25) is 0 Å². The number of hydrogen-bond acceptors (Lipinski definition) is 2. The fourth-order valence-corrected chi connectivity index (χ4v) is 0.549. The molecule has 0 heterocycles. The number of allylic oxidation sites excluding steroid dienone is 3. The molecule has 0 aliphatic carbocycles. The molecule has 0 radical (unpaired) electrons. The molecule has 0 N–H and O–H groups in total. The Morgan fingerprint density at radius 2 is 2.18 bits per heavy atom. The molecule has 62 valence electrons. The largest absolute Gasteiger partial charge is 0.475 e. The van der Waals surface area contributed by atoms with Gasteiger partial charge >= 0.3 is 0 Å². The third-order valence-electron chi connectivity index (χ3n) is 0.944. The number of rotatable bonds is 4. The molecule has 2 heteroatoms. The van der Waals surface area contributed by atoms with E-state index < -0.39 is 0 Å². The number of ether oxygens (including phenoxy) is 1. The maximum Gasteiger partial charge on any atom is 0.212 e. The second-order valence-electron chi connectivity index (χ2n) is 2.36. The van der Waals surface area contributed by atoms with Gasteiger partial charge in [-0.25, -0.2) is 4.99 Å². The Morgan fingerprint density at radius 1 is 1.55 bits per heavy atom. The first-order valence-corrected chi connectivity index (χ1v) is 3.67. The predicted octanol–water partition coefficient (Wildman–Crippen LogP) is 2.53. The minimum Gasteiger partial charge on any atom is -0.475 e. The Bertz CT molecular complexity index is 168. The highest BCUT2D eigenvalue weighted by Crippen LogP contribution is 2.02. The zero-order valence-electron chi connectivity index (χ0n) is 7.37. The van der Waals surface area contributed by atoms with Crippen LogP contribution in [0, 0.1) is 0 Å². The van der Waals surface area contributed by atoms with E-state index in [1.165, 1.54) is 0 Å². The number of nitrogens with zero attached hydrogens (tertiary/aromatic N) is 1. The molecule has 0 rings (SSSR count). The Morgan fingerprint density at radius 3 is 2.55 bits per heavy atom. The summed E-state index contributed by atoms with van der Waals surface area (Å²) in [5, 5.41) is 0. The van der Waals surface area contributed by atoms with Crippen LogP contribution >= 0.6 is 0 Å². The summed E-state index contributed by atoms with van der Waals surface area (Å²) in [7, 11) is 0. The highest BCUT2D eigenvalue weighted by molar-refractivity contribution is 5.28. The fraction of sp³-hybridized carbons (Fsp3) is 0.444. The third kappa shape index (κ3) is 5.40. The molecule has 0 aliphatic rings. The highest BCUT2D eigenvalue weighted by atomic mass is 16.5. The van der Waals surface area contributed by atoms with Crippen LogP contribution < -0.4 is 0 Å². The molecular weight excluding hydrogens is 138 g/mol. The second kappa shape index (κ2) is 5.71. The van der Waals surface area contributed by atoms with E-state index in [2.05, 4.69) is 11.7 Å². The lowest BCUT2D eigenvalue weighted by atomic mass is 10.4. The normalized spacial score (nSPS) is 12.5. The quantitative estimate of drug-likeness (QED) is 0.345. The first-order chi connectivity index (χ1) is 5.20. The van der Waals surface area contributed by atoms with Crippen LogP contribution in [-0.4, -0.2) is 12.8 Å². The average Bonchev–Trinajstić information content (AvgIpc) is 1.97. The van der Waals surface area contributed by atoms with E-state index in [1.54, 1.807) is 6.08 Å². The molecule has 0 aromatic heterocycles. The van der Waals surface area contributed by atoms with Gasteiger partial charge in [0.1, 0.15) is 0 Å². The molecule has 0 spiro atoms. The van der Waals surface area contributed by atoms with Crippen LogP contribution in [0.4, 0.5) is 0 Å². The van der Waals surface area contributed by atoms with Crippen LogP contribution in [0.5, 0.6) is 0 Å². The molecule has 0 atom stereocenters. The second-order valence-corrected chi connectivity index (χ2v) is 2.36. The van der Waals surface area contributed by atoms with Crippen molar-refractivity contribution in [1.29, 1.82) is 0 Å². The van der Waals surface area contributed by atoms with Gasteiger partial charge in [0.2, 0.25) is 5.88 Å². The van der Waals surface area contributed by atoms with Gasteiger partial charge in [-0.1, -0.05) is 12.2 Å². The summed E-state index contributed by atoms with van der Waals surface area (Å²) in [5.41, 5.74) is 0. The molecule has 0 unspecified atom stereocenters. The molecule has 2 nitrogen and oxygen atoms in total. The van der Waals surface area contributed by atoms with Gasteiger partial charge in [0.15, 0.2) is 0 Å². The molecule has 0 aromatic rings. The summed E-state index contributed by atoms with van der Waals surface area (Å²) in [6.07, 6.45) is 5.71. The topological polar surface area (TPSA) is 21.6 Å². The summed E-state index contributed by atoms with van der Waals surface area (Å²) in [6, 6.07) is 0. The SMILES string of the molecule is C=N/C(=C\C=C/C)OC(C)C. The summed E-state index contributed by atoms with van der Waals surface area (Å²) >= 11 is 0. The highest BCUT2D eigenvalue weighted by Gasteiger charge is 1.94. The van der Waals surface area contributed by atoms with Crippen LogP contribution in [0.25, 0.3) is 0 Å². The Hall–Kier alpha value is -1.05. The first kappa shape index (κ1) is 9.95. The maximum absolute atomic E-state index is 5.28. The zero-order chi connectivity index (χ0) is 8.69.